The van der Waals surface area contributed by atoms with Crippen LogP contribution >= 0.6 is 0 Å². The topological polar surface area (TPSA) is 71.1 Å². The number of carbonyl (C=O) groups excluding carboxylic acids is 2. The predicted molar refractivity (Wildman–Crippen MR) is 89.7 cm³/mol. The van der Waals surface area contributed by atoms with Crippen molar-refractivity contribution in [1.82, 2.24) is 0 Å². The van der Waals surface area contributed by atoms with Crippen molar-refractivity contribution in [2.24, 2.45) is 0 Å². The lowest BCUT2D eigenvalue weighted by Gasteiger charge is -2.14. The van der Waals surface area contributed by atoms with Crippen molar-refractivity contribution in [1.29, 1.82) is 0 Å². The number of hydrogen-bond donors (Lipinski definition) is 0. The first-order chi connectivity index (χ1) is 13.5. The van der Waals surface area contributed by atoms with Crippen molar-refractivity contribution in [2.45, 2.75) is 37.6 Å². The van der Waals surface area contributed by atoms with Crippen LogP contribution in [0.4, 0.5) is 8.78 Å². The zero-order valence-electron chi connectivity index (χ0n) is 14.5. The maximum atomic E-state index is 13.0. The van der Waals surface area contributed by atoms with E-state index in [0.717, 1.165) is 0 Å². The molecule has 0 unspecified atom stereocenters. The van der Waals surface area contributed by atoms with E-state index in [-0.39, 0.29) is 24.8 Å². The highest BCUT2D eigenvalue weighted by molar-refractivity contribution is 5.85. The summed E-state index contributed by atoms with van der Waals surface area (Å²) < 4.78 is 47.5. The minimum Gasteiger partial charge on any atom is -0.453 e. The van der Waals surface area contributed by atoms with Crippen molar-refractivity contribution >= 4 is 11.9 Å². The lowest BCUT2D eigenvalue weighted by atomic mass is 10.1. The summed E-state index contributed by atoms with van der Waals surface area (Å²) in [6, 6.07) is 11.2. The number of esters is 2. The lowest BCUT2D eigenvalue weighted by molar-refractivity contribution is -0.165. The Labute approximate surface area is 159 Å². The molecular formula is C20H16F2O6. The fourth-order valence-electron chi connectivity index (χ4n) is 3.13. The van der Waals surface area contributed by atoms with Crippen molar-refractivity contribution in [3.05, 3.63) is 71.3 Å². The second-order valence-electron chi connectivity index (χ2n) is 6.52. The molecule has 2 fully saturated rings. The van der Waals surface area contributed by atoms with Gasteiger partial charge in [-0.05, 0) is 35.4 Å². The second kappa shape index (κ2) is 7.65. The number of ether oxygens (including phenoxy) is 4. The van der Waals surface area contributed by atoms with Crippen molar-refractivity contribution < 1.29 is 37.3 Å². The van der Waals surface area contributed by atoms with Gasteiger partial charge >= 0.3 is 11.9 Å². The third-order valence-corrected chi connectivity index (χ3v) is 4.58. The fraction of sp³-hybridized carbons (Fsp3) is 0.300. The molecule has 6 nitrogen and oxygen atoms in total. The largest absolute Gasteiger partial charge is 0.453 e. The van der Waals surface area contributed by atoms with E-state index in [1.54, 1.807) is 0 Å². The third-order valence-electron chi connectivity index (χ3n) is 4.58. The Hall–Kier alpha value is -2.84. The van der Waals surface area contributed by atoms with Crippen LogP contribution in [-0.4, -0.2) is 36.4 Å². The van der Waals surface area contributed by atoms with E-state index in [1.165, 1.54) is 48.5 Å². The Balaban J connectivity index is 1.38. The monoisotopic (exact) mass is 390 g/mol. The number of carbonyl (C=O) groups is 2. The number of fused-ring (bicyclic) bond motifs is 1. The molecule has 0 N–H and O–H groups in total. The van der Waals surface area contributed by atoms with Gasteiger partial charge in [0.05, 0.1) is 13.2 Å². The van der Waals surface area contributed by atoms with Gasteiger partial charge in [0.2, 0.25) is 0 Å². The number of hydrogen-bond acceptors (Lipinski definition) is 6. The molecule has 2 aliphatic heterocycles. The van der Waals surface area contributed by atoms with Crippen molar-refractivity contribution in [3.63, 3.8) is 0 Å². The van der Waals surface area contributed by atoms with Gasteiger partial charge in [0, 0.05) is 0 Å². The van der Waals surface area contributed by atoms with Crippen LogP contribution in [-0.2, 0) is 41.8 Å². The Kier molecular flexibility index (Phi) is 5.06. The Morgan fingerprint density at radius 2 is 1.04 bits per heavy atom. The normalized spacial score (nSPS) is 26.1. The van der Waals surface area contributed by atoms with Crippen LogP contribution in [0.5, 0.6) is 0 Å². The Morgan fingerprint density at radius 3 is 1.39 bits per heavy atom. The van der Waals surface area contributed by atoms with Gasteiger partial charge in [0.15, 0.2) is 24.4 Å². The molecule has 0 spiro atoms. The quantitative estimate of drug-likeness (QED) is 0.705. The molecule has 2 aromatic carbocycles. The summed E-state index contributed by atoms with van der Waals surface area (Å²) in [6.07, 6.45) is -4.01. The van der Waals surface area contributed by atoms with E-state index in [2.05, 4.69) is 0 Å². The summed E-state index contributed by atoms with van der Waals surface area (Å²) in [5, 5.41) is 0. The molecule has 4 rings (SSSR count). The van der Waals surface area contributed by atoms with E-state index >= 15 is 0 Å². The molecule has 4 atom stereocenters. The van der Waals surface area contributed by atoms with Crippen LogP contribution in [0.1, 0.15) is 11.1 Å². The molecule has 2 aliphatic rings. The molecule has 2 saturated heterocycles. The molecule has 28 heavy (non-hydrogen) atoms. The molecular weight excluding hydrogens is 374 g/mol. The van der Waals surface area contributed by atoms with Gasteiger partial charge in [0.25, 0.3) is 0 Å². The molecule has 0 aromatic heterocycles. The van der Waals surface area contributed by atoms with E-state index < -0.39 is 36.4 Å². The smallest absolute Gasteiger partial charge is 0.339 e. The van der Waals surface area contributed by atoms with Gasteiger partial charge in [-0.25, -0.2) is 18.4 Å². The van der Waals surface area contributed by atoms with Gasteiger partial charge < -0.3 is 18.9 Å². The first-order valence-corrected chi connectivity index (χ1v) is 8.64. The zero-order valence-corrected chi connectivity index (χ0v) is 14.5. The van der Waals surface area contributed by atoms with Crippen LogP contribution in [0.15, 0.2) is 48.5 Å². The van der Waals surface area contributed by atoms with Crippen molar-refractivity contribution in [3.8, 4) is 0 Å². The average molecular weight is 390 g/mol. The number of halogens is 2. The van der Waals surface area contributed by atoms with Crippen LogP contribution in [0.2, 0.25) is 0 Å². The summed E-state index contributed by atoms with van der Waals surface area (Å²) in [6.45, 7) is 0.0594. The lowest BCUT2D eigenvalue weighted by Crippen LogP contribution is -2.34. The summed E-state index contributed by atoms with van der Waals surface area (Å²) >= 11 is 0. The molecule has 0 aliphatic carbocycles. The average Bonchev–Trinajstić information content (AvgIpc) is 3.14. The summed E-state index contributed by atoms with van der Waals surface area (Å²) in [4.78, 5) is 24.3. The SMILES string of the molecule is O=C1O[C@@H]2[C@@H](OC(=O)[C@@H]2OCc2ccc(F)cc2)[C@H]1OCc1ccc(F)cc1. The van der Waals surface area contributed by atoms with E-state index in [9.17, 15) is 18.4 Å². The highest BCUT2D eigenvalue weighted by atomic mass is 19.1. The van der Waals surface area contributed by atoms with Crippen LogP contribution < -0.4 is 0 Å². The zero-order chi connectivity index (χ0) is 19.7. The summed E-state index contributed by atoms with van der Waals surface area (Å²) in [5.41, 5.74) is 1.32. The van der Waals surface area contributed by atoms with Gasteiger partial charge in [-0.2, -0.15) is 0 Å². The second-order valence-corrected chi connectivity index (χ2v) is 6.52. The Bertz CT molecular complexity index is 794. The van der Waals surface area contributed by atoms with E-state index in [0.29, 0.717) is 11.1 Å². The first-order valence-electron chi connectivity index (χ1n) is 8.64. The van der Waals surface area contributed by atoms with E-state index in [4.69, 9.17) is 18.9 Å². The van der Waals surface area contributed by atoms with Gasteiger partial charge in [-0.15, -0.1) is 0 Å². The van der Waals surface area contributed by atoms with E-state index in [1.807, 2.05) is 0 Å². The molecule has 0 saturated carbocycles. The fourth-order valence-corrected chi connectivity index (χ4v) is 3.13. The number of rotatable bonds is 6. The molecule has 2 aromatic rings. The highest BCUT2D eigenvalue weighted by Gasteiger charge is 2.59. The molecule has 8 heteroatoms. The highest BCUT2D eigenvalue weighted by Crippen LogP contribution is 2.33. The molecule has 2 heterocycles. The maximum absolute atomic E-state index is 13.0. The molecule has 0 radical (unpaired) electrons. The number of benzene rings is 2. The summed E-state index contributed by atoms with van der Waals surface area (Å²) in [7, 11) is 0. The minimum absolute atomic E-state index is 0.0297. The molecule has 0 amide bonds. The van der Waals surface area contributed by atoms with Gasteiger partial charge in [-0.3, -0.25) is 0 Å². The van der Waals surface area contributed by atoms with Crippen LogP contribution in [0, 0.1) is 11.6 Å². The predicted octanol–water partition coefficient (Wildman–Crippen LogP) is 2.29. The van der Waals surface area contributed by atoms with Gasteiger partial charge in [-0.1, -0.05) is 24.3 Å². The molecule has 146 valence electrons. The molecule has 0 bridgehead atoms. The van der Waals surface area contributed by atoms with Crippen molar-refractivity contribution in [2.75, 3.05) is 0 Å². The third kappa shape index (κ3) is 3.74. The maximum Gasteiger partial charge on any atom is 0.339 e. The van der Waals surface area contributed by atoms with Gasteiger partial charge in [0.1, 0.15) is 11.6 Å². The Morgan fingerprint density at radius 1 is 0.679 bits per heavy atom. The summed E-state index contributed by atoms with van der Waals surface area (Å²) in [5.74, 6) is -2.06. The van der Waals surface area contributed by atoms with Crippen LogP contribution in [0.25, 0.3) is 0 Å². The minimum atomic E-state index is -1.08. The standard InChI is InChI=1S/C20H16F2O6/c21-13-5-1-11(2-6-13)9-25-17-15-16(28-19(17)23)18(20(24)27-15)26-10-12-3-7-14(22)8-4-12/h1-8,15-18H,9-10H2/t15-,16-,17-,18-/m1/s1. The van der Waals surface area contributed by atoms with Crippen LogP contribution in [0.3, 0.4) is 0 Å². The first kappa shape index (κ1) is 18.5.